The third-order valence-electron chi connectivity index (χ3n) is 3.27. The first-order valence-corrected chi connectivity index (χ1v) is 7.29. The molecule has 0 spiro atoms. The minimum Gasteiger partial charge on any atom is -0.376 e. The summed E-state index contributed by atoms with van der Waals surface area (Å²) in [4.78, 5) is 17.8. The number of likely N-dealkylation sites (N-methyl/N-ethyl adjacent to an activating group) is 1. The Balaban J connectivity index is 1.75. The lowest BCUT2D eigenvalue weighted by Gasteiger charge is -2.11. The molecule has 4 nitrogen and oxygen atoms in total. The van der Waals surface area contributed by atoms with Crippen molar-refractivity contribution in [2.45, 2.75) is 18.8 Å². The predicted octanol–water partition coefficient (Wildman–Crippen LogP) is 2.67. The standard InChI is InChI=1S/C14H17N3OS/c1-17(2)13(18)8-15-10-5-6-11-12(7-10)19-14(16-11)9-3-4-9/h5-7,9,15H,3-4,8H2,1-2H3. The van der Waals surface area contributed by atoms with Crippen molar-refractivity contribution < 1.29 is 4.79 Å². The van der Waals surface area contributed by atoms with Gasteiger partial charge in [-0.05, 0) is 31.0 Å². The number of nitrogens with one attached hydrogen (secondary N) is 1. The van der Waals surface area contributed by atoms with Gasteiger partial charge in [-0.15, -0.1) is 11.3 Å². The number of carbonyl (C=O) groups excluding carboxylic acids is 1. The zero-order valence-corrected chi connectivity index (χ0v) is 12.0. The summed E-state index contributed by atoms with van der Waals surface area (Å²) in [6, 6.07) is 6.10. The lowest BCUT2D eigenvalue weighted by molar-refractivity contribution is -0.126. The number of hydrogen-bond donors (Lipinski definition) is 1. The number of thiazole rings is 1. The van der Waals surface area contributed by atoms with E-state index in [0.717, 1.165) is 11.2 Å². The fourth-order valence-corrected chi connectivity index (χ4v) is 3.07. The van der Waals surface area contributed by atoms with Crippen molar-refractivity contribution in [1.29, 1.82) is 0 Å². The second-order valence-corrected chi connectivity index (χ2v) is 6.21. The highest BCUT2D eigenvalue weighted by atomic mass is 32.1. The Hall–Kier alpha value is -1.62. The van der Waals surface area contributed by atoms with Gasteiger partial charge in [-0.1, -0.05) is 0 Å². The smallest absolute Gasteiger partial charge is 0.241 e. The van der Waals surface area contributed by atoms with Gasteiger partial charge in [0.25, 0.3) is 0 Å². The summed E-state index contributed by atoms with van der Waals surface area (Å²) < 4.78 is 1.20. The zero-order chi connectivity index (χ0) is 13.4. The van der Waals surface area contributed by atoms with Crippen molar-refractivity contribution in [2.24, 2.45) is 0 Å². The van der Waals surface area contributed by atoms with E-state index in [0.29, 0.717) is 12.5 Å². The molecule has 19 heavy (non-hydrogen) atoms. The van der Waals surface area contributed by atoms with Crippen LogP contribution in [-0.2, 0) is 4.79 Å². The average Bonchev–Trinajstić information content (AvgIpc) is 3.15. The predicted molar refractivity (Wildman–Crippen MR) is 78.8 cm³/mol. The molecule has 1 aliphatic carbocycles. The first-order chi connectivity index (χ1) is 9.13. The Morgan fingerprint density at radius 1 is 1.47 bits per heavy atom. The summed E-state index contributed by atoms with van der Waals surface area (Å²) in [5.74, 6) is 0.771. The van der Waals surface area contributed by atoms with Gasteiger partial charge in [-0.3, -0.25) is 4.79 Å². The molecule has 2 aromatic rings. The number of carbonyl (C=O) groups is 1. The van der Waals surface area contributed by atoms with Gasteiger partial charge in [0.1, 0.15) is 0 Å². The first-order valence-electron chi connectivity index (χ1n) is 6.48. The number of anilines is 1. The number of fused-ring (bicyclic) bond motifs is 1. The van der Waals surface area contributed by atoms with Crippen LogP contribution in [0.25, 0.3) is 10.2 Å². The van der Waals surface area contributed by atoms with E-state index >= 15 is 0 Å². The van der Waals surface area contributed by atoms with Crippen molar-refractivity contribution in [3.05, 3.63) is 23.2 Å². The number of hydrogen-bond acceptors (Lipinski definition) is 4. The van der Waals surface area contributed by atoms with E-state index in [2.05, 4.69) is 16.4 Å². The molecule has 0 saturated heterocycles. The van der Waals surface area contributed by atoms with Crippen LogP contribution < -0.4 is 5.32 Å². The monoisotopic (exact) mass is 275 g/mol. The Kier molecular flexibility index (Phi) is 3.14. The minimum atomic E-state index is 0.0723. The Labute approximate surface area is 116 Å². The van der Waals surface area contributed by atoms with Gasteiger partial charge in [0.05, 0.1) is 21.8 Å². The summed E-state index contributed by atoms with van der Waals surface area (Å²) in [7, 11) is 3.52. The van der Waals surface area contributed by atoms with Gasteiger partial charge < -0.3 is 10.2 Å². The van der Waals surface area contributed by atoms with Gasteiger partial charge in [0.2, 0.25) is 5.91 Å². The zero-order valence-electron chi connectivity index (χ0n) is 11.1. The highest BCUT2D eigenvalue weighted by Crippen LogP contribution is 2.43. The third kappa shape index (κ3) is 2.71. The van der Waals surface area contributed by atoms with Crippen LogP contribution in [-0.4, -0.2) is 36.4 Å². The maximum atomic E-state index is 11.5. The molecule has 100 valence electrons. The summed E-state index contributed by atoms with van der Waals surface area (Å²) >= 11 is 1.78. The van der Waals surface area contributed by atoms with Crippen LogP contribution >= 0.6 is 11.3 Å². The third-order valence-corrected chi connectivity index (χ3v) is 4.45. The molecule has 0 aliphatic heterocycles. The molecule has 1 aromatic heterocycles. The van der Waals surface area contributed by atoms with E-state index in [-0.39, 0.29) is 5.91 Å². The van der Waals surface area contributed by atoms with Crippen LogP contribution in [0.2, 0.25) is 0 Å². The highest BCUT2D eigenvalue weighted by Gasteiger charge is 2.26. The molecule has 0 atom stereocenters. The Morgan fingerprint density at radius 3 is 2.95 bits per heavy atom. The fraction of sp³-hybridized carbons (Fsp3) is 0.429. The molecule has 0 bridgehead atoms. The van der Waals surface area contributed by atoms with Crippen molar-refractivity contribution in [3.8, 4) is 0 Å². The summed E-state index contributed by atoms with van der Waals surface area (Å²) in [5.41, 5.74) is 2.05. The molecule has 0 radical (unpaired) electrons. The molecule has 1 saturated carbocycles. The van der Waals surface area contributed by atoms with E-state index in [4.69, 9.17) is 0 Å². The van der Waals surface area contributed by atoms with Crippen molar-refractivity contribution in [1.82, 2.24) is 9.88 Å². The first kappa shape index (κ1) is 12.4. The lowest BCUT2D eigenvalue weighted by Crippen LogP contribution is -2.28. The van der Waals surface area contributed by atoms with E-state index in [1.54, 1.807) is 30.3 Å². The van der Waals surface area contributed by atoms with Gasteiger partial charge >= 0.3 is 0 Å². The molecule has 1 amide bonds. The molecule has 5 heteroatoms. The highest BCUT2D eigenvalue weighted by molar-refractivity contribution is 7.18. The molecule has 3 rings (SSSR count). The van der Waals surface area contributed by atoms with Crippen LogP contribution in [0.4, 0.5) is 5.69 Å². The van der Waals surface area contributed by atoms with Crippen LogP contribution in [0, 0.1) is 0 Å². The normalized spacial score (nSPS) is 14.6. The van der Waals surface area contributed by atoms with Crippen molar-refractivity contribution in [2.75, 3.05) is 26.0 Å². The second kappa shape index (κ2) is 4.81. The molecule has 1 N–H and O–H groups in total. The molecule has 1 heterocycles. The number of aromatic nitrogens is 1. The van der Waals surface area contributed by atoms with Gasteiger partial charge in [0, 0.05) is 25.7 Å². The Bertz CT molecular complexity index is 616. The maximum Gasteiger partial charge on any atom is 0.241 e. The average molecular weight is 275 g/mol. The van der Waals surface area contributed by atoms with E-state index in [1.807, 2.05) is 12.1 Å². The van der Waals surface area contributed by atoms with Crippen LogP contribution in [0.1, 0.15) is 23.8 Å². The van der Waals surface area contributed by atoms with Crippen molar-refractivity contribution >= 4 is 33.1 Å². The SMILES string of the molecule is CN(C)C(=O)CNc1ccc2nc(C3CC3)sc2c1. The number of benzene rings is 1. The molecule has 1 aromatic carbocycles. The summed E-state index contributed by atoms with van der Waals surface area (Å²) in [6.07, 6.45) is 2.56. The molecule has 1 fully saturated rings. The number of nitrogens with zero attached hydrogens (tertiary/aromatic N) is 2. The van der Waals surface area contributed by atoms with Crippen LogP contribution in [0.5, 0.6) is 0 Å². The van der Waals surface area contributed by atoms with E-state index < -0.39 is 0 Å². The topological polar surface area (TPSA) is 45.2 Å². The maximum absolute atomic E-state index is 11.5. The molecule has 1 aliphatic rings. The fourth-order valence-electron chi connectivity index (χ4n) is 1.89. The molecular weight excluding hydrogens is 258 g/mol. The lowest BCUT2D eigenvalue weighted by atomic mass is 10.3. The quantitative estimate of drug-likeness (QED) is 0.933. The largest absolute Gasteiger partial charge is 0.376 e. The van der Waals surface area contributed by atoms with E-state index in [9.17, 15) is 4.79 Å². The summed E-state index contributed by atoms with van der Waals surface area (Å²) in [5, 5.41) is 4.42. The summed E-state index contributed by atoms with van der Waals surface area (Å²) in [6.45, 7) is 0.326. The number of rotatable bonds is 4. The Morgan fingerprint density at radius 2 is 2.26 bits per heavy atom. The minimum absolute atomic E-state index is 0.0723. The molecule has 0 unspecified atom stereocenters. The van der Waals surface area contributed by atoms with Gasteiger partial charge in [-0.25, -0.2) is 4.98 Å². The van der Waals surface area contributed by atoms with Crippen LogP contribution in [0.15, 0.2) is 18.2 Å². The molecular formula is C14H17N3OS. The number of amides is 1. The van der Waals surface area contributed by atoms with Crippen LogP contribution in [0.3, 0.4) is 0 Å². The van der Waals surface area contributed by atoms with Crippen molar-refractivity contribution in [3.63, 3.8) is 0 Å². The van der Waals surface area contributed by atoms with E-state index in [1.165, 1.54) is 22.5 Å². The van der Waals surface area contributed by atoms with Gasteiger partial charge in [0.15, 0.2) is 0 Å². The second-order valence-electron chi connectivity index (χ2n) is 5.15. The van der Waals surface area contributed by atoms with Gasteiger partial charge in [-0.2, -0.15) is 0 Å².